The van der Waals surface area contributed by atoms with Crippen LogP contribution in [0, 0.1) is 5.92 Å². The lowest BCUT2D eigenvalue weighted by Crippen LogP contribution is -2.12. The first kappa shape index (κ1) is 11.4. The second kappa shape index (κ2) is 5.32. The average Bonchev–Trinajstić information content (AvgIpc) is 2.68. The number of aliphatic hydroxyl groups is 1. The molecule has 1 aliphatic rings. The highest BCUT2D eigenvalue weighted by molar-refractivity contribution is 7.99. The molecule has 1 aliphatic heterocycles. The standard InChI is InChI=1S/C11H17NOS2/c1-8(13)10-7-15-11(12-10)6-9-2-4-14-5-3-9/h7-9,13H,2-6H2,1H3. The molecule has 0 aromatic carbocycles. The molecule has 1 saturated heterocycles. The van der Waals surface area contributed by atoms with Crippen LogP contribution >= 0.6 is 23.1 Å². The van der Waals surface area contributed by atoms with Gasteiger partial charge in [0, 0.05) is 11.8 Å². The molecule has 15 heavy (non-hydrogen) atoms. The van der Waals surface area contributed by atoms with Crippen LogP contribution in [0.3, 0.4) is 0 Å². The monoisotopic (exact) mass is 243 g/mol. The molecular formula is C11H17NOS2. The third-order valence-electron chi connectivity index (χ3n) is 2.80. The summed E-state index contributed by atoms with van der Waals surface area (Å²) in [7, 11) is 0. The molecule has 0 aliphatic carbocycles. The first-order valence-corrected chi connectivity index (χ1v) is 7.49. The van der Waals surface area contributed by atoms with Crippen molar-refractivity contribution >= 4 is 23.1 Å². The van der Waals surface area contributed by atoms with Crippen LogP contribution in [0.4, 0.5) is 0 Å². The Balaban J connectivity index is 1.91. The van der Waals surface area contributed by atoms with Gasteiger partial charge in [-0.3, -0.25) is 0 Å². The predicted molar refractivity (Wildman–Crippen MR) is 66.5 cm³/mol. The summed E-state index contributed by atoms with van der Waals surface area (Å²) >= 11 is 3.76. The zero-order chi connectivity index (χ0) is 10.7. The quantitative estimate of drug-likeness (QED) is 0.886. The van der Waals surface area contributed by atoms with Crippen LogP contribution in [0.2, 0.25) is 0 Å². The number of aromatic nitrogens is 1. The predicted octanol–water partition coefficient (Wildman–Crippen LogP) is 2.88. The molecular weight excluding hydrogens is 226 g/mol. The zero-order valence-corrected chi connectivity index (χ0v) is 10.6. The lowest BCUT2D eigenvalue weighted by Gasteiger charge is -2.19. The molecule has 1 aromatic rings. The molecule has 1 N–H and O–H groups in total. The number of aliphatic hydroxyl groups excluding tert-OH is 1. The van der Waals surface area contributed by atoms with E-state index < -0.39 is 6.10 Å². The first-order valence-electron chi connectivity index (χ1n) is 5.46. The average molecular weight is 243 g/mol. The molecule has 1 unspecified atom stereocenters. The molecule has 4 heteroatoms. The molecule has 2 nitrogen and oxygen atoms in total. The van der Waals surface area contributed by atoms with Crippen LogP contribution in [0.1, 0.15) is 36.6 Å². The van der Waals surface area contributed by atoms with E-state index in [0.29, 0.717) is 0 Å². The van der Waals surface area contributed by atoms with Gasteiger partial charge in [-0.15, -0.1) is 11.3 Å². The van der Waals surface area contributed by atoms with Gasteiger partial charge in [0.15, 0.2) is 0 Å². The highest BCUT2D eigenvalue weighted by atomic mass is 32.2. The summed E-state index contributed by atoms with van der Waals surface area (Å²) in [5, 5.41) is 12.6. The number of thiazole rings is 1. The second-order valence-electron chi connectivity index (χ2n) is 4.10. The summed E-state index contributed by atoms with van der Waals surface area (Å²) in [5.41, 5.74) is 0.834. The topological polar surface area (TPSA) is 33.1 Å². The summed E-state index contributed by atoms with van der Waals surface area (Å²) in [6.45, 7) is 1.77. The minimum atomic E-state index is -0.420. The van der Waals surface area contributed by atoms with Crippen molar-refractivity contribution in [1.29, 1.82) is 0 Å². The van der Waals surface area contributed by atoms with E-state index in [9.17, 15) is 5.11 Å². The molecule has 0 radical (unpaired) electrons. The van der Waals surface area contributed by atoms with Crippen LogP contribution in [-0.4, -0.2) is 21.6 Å². The highest BCUT2D eigenvalue weighted by Crippen LogP contribution is 2.27. The van der Waals surface area contributed by atoms with Crippen molar-refractivity contribution in [2.45, 2.75) is 32.3 Å². The van der Waals surface area contributed by atoms with Gasteiger partial charge in [-0.2, -0.15) is 11.8 Å². The second-order valence-corrected chi connectivity index (χ2v) is 6.27. The number of rotatable bonds is 3. The number of nitrogens with zero attached hydrogens (tertiary/aromatic N) is 1. The van der Waals surface area contributed by atoms with Gasteiger partial charge in [0.25, 0.3) is 0 Å². The Morgan fingerprint density at radius 1 is 1.53 bits per heavy atom. The Bertz CT molecular complexity index is 305. The first-order chi connectivity index (χ1) is 7.25. The van der Waals surface area contributed by atoms with Crippen molar-refractivity contribution in [2.24, 2.45) is 5.92 Å². The third-order valence-corrected chi connectivity index (χ3v) is 4.74. The lowest BCUT2D eigenvalue weighted by atomic mass is 9.99. The summed E-state index contributed by atoms with van der Waals surface area (Å²) in [6, 6.07) is 0. The van der Waals surface area contributed by atoms with Gasteiger partial charge in [0.2, 0.25) is 0 Å². The van der Waals surface area contributed by atoms with Crippen LogP contribution < -0.4 is 0 Å². The maximum absolute atomic E-state index is 9.38. The molecule has 2 heterocycles. The maximum atomic E-state index is 9.38. The molecule has 0 amide bonds. The van der Waals surface area contributed by atoms with E-state index in [1.54, 1.807) is 18.3 Å². The fourth-order valence-electron chi connectivity index (χ4n) is 1.81. The summed E-state index contributed by atoms with van der Waals surface area (Å²) < 4.78 is 0. The van der Waals surface area contributed by atoms with Crippen LogP contribution in [0.5, 0.6) is 0 Å². The minimum absolute atomic E-state index is 0.420. The molecule has 1 aromatic heterocycles. The Labute approximate surface area is 99.1 Å². The van der Waals surface area contributed by atoms with Crippen molar-refractivity contribution in [3.05, 3.63) is 16.1 Å². The molecule has 0 spiro atoms. The SMILES string of the molecule is CC(O)c1csc(CC2CCSCC2)n1. The van der Waals surface area contributed by atoms with Crippen molar-refractivity contribution < 1.29 is 5.11 Å². The van der Waals surface area contributed by atoms with Gasteiger partial charge in [-0.05, 0) is 37.2 Å². The van der Waals surface area contributed by atoms with Gasteiger partial charge in [0.05, 0.1) is 16.8 Å². The number of thioether (sulfide) groups is 1. The fourth-order valence-corrected chi connectivity index (χ4v) is 4.01. The van der Waals surface area contributed by atoms with Gasteiger partial charge in [-0.1, -0.05) is 0 Å². The Morgan fingerprint density at radius 2 is 2.27 bits per heavy atom. The fraction of sp³-hybridized carbons (Fsp3) is 0.727. The Hall–Kier alpha value is -0.0600. The molecule has 1 atom stereocenters. The van der Waals surface area contributed by atoms with Gasteiger partial charge in [-0.25, -0.2) is 4.98 Å². The van der Waals surface area contributed by atoms with Crippen LogP contribution in [0.15, 0.2) is 5.38 Å². The van der Waals surface area contributed by atoms with Gasteiger partial charge < -0.3 is 5.11 Å². The molecule has 1 fully saturated rings. The van der Waals surface area contributed by atoms with Gasteiger partial charge >= 0.3 is 0 Å². The van der Waals surface area contributed by atoms with Crippen molar-refractivity contribution in [2.75, 3.05) is 11.5 Å². The van der Waals surface area contributed by atoms with E-state index in [1.807, 2.05) is 5.38 Å². The normalized spacial score (nSPS) is 20.4. The molecule has 84 valence electrons. The molecule has 0 saturated carbocycles. The van der Waals surface area contributed by atoms with E-state index in [0.717, 1.165) is 18.0 Å². The Kier molecular flexibility index (Phi) is 4.05. The van der Waals surface area contributed by atoms with E-state index in [4.69, 9.17) is 0 Å². The minimum Gasteiger partial charge on any atom is -0.387 e. The van der Waals surface area contributed by atoms with E-state index in [-0.39, 0.29) is 0 Å². The Morgan fingerprint density at radius 3 is 2.87 bits per heavy atom. The number of hydrogen-bond donors (Lipinski definition) is 1. The number of hydrogen-bond acceptors (Lipinski definition) is 4. The van der Waals surface area contributed by atoms with E-state index in [1.165, 1.54) is 29.4 Å². The van der Waals surface area contributed by atoms with Crippen LogP contribution in [-0.2, 0) is 6.42 Å². The van der Waals surface area contributed by atoms with E-state index >= 15 is 0 Å². The smallest absolute Gasteiger partial charge is 0.0940 e. The van der Waals surface area contributed by atoms with E-state index in [2.05, 4.69) is 16.7 Å². The van der Waals surface area contributed by atoms with Crippen molar-refractivity contribution in [3.8, 4) is 0 Å². The summed E-state index contributed by atoms with van der Waals surface area (Å²) in [5.74, 6) is 3.43. The largest absolute Gasteiger partial charge is 0.387 e. The van der Waals surface area contributed by atoms with Crippen molar-refractivity contribution in [3.63, 3.8) is 0 Å². The molecule has 0 bridgehead atoms. The van der Waals surface area contributed by atoms with Crippen LogP contribution in [0.25, 0.3) is 0 Å². The third kappa shape index (κ3) is 3.20. The summed E-state index contributed by atoms with van der Waals surface area (Å²) in [6.07, 6.45) is 3.34. The summed E-state index contributed by atoms with van der Waals surface area (Å²) in [4.78, 5) is 4.47. The van der Waals surface area contributed by atoms with Gasteiger partial charge in [0.1, 0.15) is 0 Å². The maximum Gasteiger partial charge on any atom is 0.0940 e. The zero-order valence-electron chi connectivity index (χ0n) is 8.98. The lowest BCUT2D eigenvalue weighted by molar-refractivity contribution is 0.195. The highest BCUT2D eigenvalue weighted by Gasteiger charge is 2.16. The molecule has 2 rings (SSSR count). The van der Waals surface area contributed by atoms with Crippen molar-refractivity contribution in [1.82, 2.24) is 4.98 Å².